The molecule has 2 unspecified atom stereocenters. The molecule has 5 nitrogen and oxygen atoms in total. The monoisotopic (exact) mass is 496 g/mol. The normalized spacial score (nSPS) is 18.2. The molecule has 2 aromatic rings. The molecule has 2 atom stereocenters. The molecule has 192 valence electrons. The third-order valence-corrected chi connectivity index (χ3v) is 6.40. The van der Waals surface area contributed by atoms with E-state index in [1.807, 2.05) is 11.8 Å². The lowest BCUT2D eigenvalue weighted by Gasteiger charge is -2.42. The molecule has 9 heteroatoms. The van der Waals surface area contributed by atoms with Crippen molar-refractivity contribution in [2.24, 2.45) is 0 Å². The number of piperidine rings is 1. The molecule has 2 N–H and O–H groups in total. The number of hydrogen-bond donors (Lipinski definition) is 2. The number of benzene rings is 2. The summed E-state index contributed by atoms with van der Waals surface area (Å²) < 4.78 is 59.8. The van der Waals surface area contributed by atoms with Crippen molar-refractivity contribution in [1.29, 1.82) is 0 Å². The van der Waals surface area contributed by atoms with Gasteiger partial charge < -0.3 is 9.84 Å². The Morgan fingerprint density at radius 3 is 2.46 bits per heavy atom. The van der Waals surface area contributed by atoms with E-state index in [0.717, 1.165) is 12.1 Å². The van der Waals surface area contributed by atoms with Gasteiger partial charge in [0.25, 0.3) is 0 Å². The lowest BCUT2D eigenvalue weighted by molar-refractivity contribution is -0.137. The van der Waals surface area contributed by atoms with Gasteiger partial charge in [-0.1, -0.05) is 42.5 Å². The SMILES string of the molecule is CCOCCNC(CC(F)C(=O)c1ccccc1)N1CCC(O)(c2cccc(C(F)(F)F)c2)CC1. The van der Waals surface area contributed by atoms with Crippen molar-refractivity contribution in [2.45, 2.75) is 50.3 Å². The number of aliphatic hydroxyl groups is 1. The molecular weight excluding hydrogens is 464 g/mol. The van der Waals surface area contributed by atoms with Crippen LogP contribution in [0.15, 0.2) is 54.6 Å². The van der Waals surface area contributed by atoms with Gasteiger partial charge >= 0.3 is 6.18 Å². The zero-order valence-electron chi connectivity index (χ0n) is 19.7. The lowest BCUT2D eigenvalue weighted by atomic mass is 9.83. The lowest BCUT2D eigenvalue weighted by Crippen LogP contribution is -2.54. The van der Waals surface area contributed by atoms with Gasteiger partial charge in [0.2, 0.25) is 0 Å². The van der Waals surface area contributed by atoms with Crippen LogP contribution in [0.3, 0.4) is 0 Å². The van der Waals surface area contributed by atoms with Crippen LogP contribution < -0.4 is 5.32 Å². The Morgan fingerprint density at radius 1 is 1.14 bits per heavy atom. The first kappa shape index (κ1) is 27.3. The Labute approximate surface area is 203 Å². The summed E-state index contributed by atoms with van der Waals surface area (Å²) in [6.45, 7) is 3.92. The minimum Gasteiger partial charge on any atom is -0.385 e. The molecule has 1 aliphatic rings. The van der Waals surface area contributed by atoms with Crippen LogP contribution in [0.2, 0.25) is 0 Å². The van der Waals surface area contributed by atoms with Gasteiger partial charge in [-0.3, -0.25) is 15.0 Å². The van der Waals surface area contributed by atoms with Crippen molar-refractivity contribution >= 4 is 5.78 Å². The molecule has 0 saturated carbocycles. The van der Waals surface area contributed by atoms with Gasteiger partial charge in [0.05, 0.1) is 23.9 Å². The zero-order valence-corrected chi connectivity index (χ0v) is 19.7. The summed E-state index contributed by atoms with van der Waals surface area (Å²) in [6, 6.07) is 13.0. The van der Waals surface area contributed by atoms with E-state index in [9.17, 15) is 23.1 Å². The number of ether oxygens (including phenoxy) is 1. The molecule has 35 heavy (non-hydrogen) atoms. The van der Waals surface area contributed by atoms with Gasteiger partial charge in [-0.2, -0.15) is 13.2 Å². The maximum absolute atomic E-state index is 15.0. The Morgan fingerprint density at radius 2 is 1.83 bits per heavy atom. The van der Waals surface area contributed by atoms with Gasteiger partial charge in [-0.05, 0) is 37.5 Å². The summed E-state index contributed by atoms with van der Waals surface area (Å²) in [6.07, 6.45) is -6.45. The van der Waals surface area contributed by atoms with E-state index in [1.165, 1.54) is 12.1 Å². The van der Waals surface area contributed by atoms with Crippen LogP contribution >= 0.6 is 0 Å². The predicted molar refractivity (Wildman–Crippen MR) is 125 cm³/mol. The number of ketones is 1. The molecule has 3 rings (SSSR count). The number of likely N-dealkylation sites (tertiary alicyclic amines) is 1. The first-order chi connectivity index (χ1) is 16.6. The predicted octanol–water partition coefficient (Wildman–Crippen LogP) is 4.55. The van der Waals surface area contributed by atoms with Gasteiger partial charge in [0.15, 0.2) is 12.0 Å². The third kappa shape index (κ3) is 7.33. The first-order valence-corrected chi connectivity index (χ1v) is 11.8. The number of halogens is 4. The van der Waals surface area contributed by atoms with E-state index in [1.54, 1.807) is 30.3 Å². The van der Waals surface area contributed by atoms with E-state index in [0.29, 0.717) is 38.4 Å². The summed E-state index contributed by atoms with van der Waals surface area (Å²) in [7, 11) is 0. The van der Waals surface area contributed by atoms with E-state index in [4.69, 9.17) is 4.74 Å². The molecule has 1 aliphatic heterocycles. The van der Waals surface area contributed by atoms with Gasteiger partial charge in [0.1, 0.15) is 0 Å². The highest BCUT2D eigenvalue weighted by Crippen LogP contribution is 2.37. The molecule has 0 bridgehead atoms. The molecule has 0 amide bonds. The maximum Gasteiger partial charge on any atom is 0.416 e. The van der Waals surface area contributed by atoms with Crippen molar-refractivity contribution in [2.75, 3.05) is 32.8 Å². The number of hydrogen-bond acceptors (Lipinski definition) is 5. The van der Waals surface area contributed by atoms with Gasteiger partial charge in [-0.25, -0.2) is 4.39 Å². The van der Waals surface area contributed by atoms with Crippen LogP contribution in [0.1, 0.15) is 47.7 Å². The van der Waals surface area contributed by atoms with Crippen molar-refractivity contribution in [3.8, 4) is 0 Å². The first-order valence-electron chi connectivity index (χ1n) is 11.8. The third-order valence-electron chi connectivity index (χ3n) is 6.40. The highest BCUT2D eigenvalue weighted by Gasteiger charge is 2.39. The van der Waals surface area contributed by atoms with Crippen molar-refractivity contribution in [3.63, 3.8) is 0 Å². The van der Waals surface area contributed by atoms with Crippen LogP contribution in [-0.4, -0.2) is 61.0 Å². The van der Waals surface area contributed by atoms with Gasteiger partial charge in [0, 0.05) is 38.2 Å². The number of alkyl halides is 4. The second kappa shape index (κ2) is 12.1. The van der Waals surface area contributed by atoms with Crippen molar-refractivity contribution in [1.82, 2.24) is 10.2 Å². The summed E-state index contributed by atoms with van der Waals surface area (Å²) in [5.41, 5.74) is -1.70. The van der Waals surface area contributed by atoms with Crippen LogP contribution in [0.25, 0.3) is 0 Å². The Bertz CT molecular complexity index is 947. The molecule has 2 aromatic carbocycles. The Kier molecular flexibility index (Phi) is 9.40. The minimum absolute atomic E-state index is 0.0954. The van der Waals surface area contributed by atoms with Crippen LogP contribution in [0.5, 0.6) is 0 Å². The van der Waals surface area contributed by atoms with E-state index >= 15 is 4.39 Å². The van der Waals surface area contributed by atoms with Crippen LogP contribution in [0.4, 0.5) is 17.6 Å². The van der Waals surface area contributed by atoms with Crippen molar-refractivity contribution < 1.29 is 32.2 Å². The fourth-order valence-electron chi connectivity index (χ4n) is 4.37. The van der Waals surface area contributed by atoms with E-state index < -0.39 is 35.5 Å². The highest BCUT2D eigenvalue weighted by molar-refractivity contribution is 5.99. The second-order valence-electron chi connectivity index (χ2n) is 8.75. The topological polar surface area (TPSA) is 61.8 Å². The second-order valence-corrected chi connectivity index (χ2v) is 8.75. The summed E-state index contributed by atoms with van der Waals surface area (Å²) in [5.74, 6) is -0.598. The minimum atomic E-state index is -4.50. The smallest absolute Gasteiger partial charge is 0.385 e. The molecule has 0 spiro atoms. The zero-order chi connectivity index (χ0) is 25.5. The fourth-order valence-corrected chi connectivity index (χ4v) is 4.37. The van der Waals surface area contributed by atoms with E-state index in [-0.39, 0.29) is 24.8 Å². The molecule has 1 fully saturated rings. The largest absolute Gasteiger partial charge is 0.416 e. The average molecular weight is 497 g/mol. The molecule has 0 aromatic heterocycles. The van der Waals surface area contributed by atoms with Crippen molar-refractivity contribution in [3.05, 3.63) is 71.3 Å². The highest BCUT2D eigenvalue weighted by atomic mass is 19.4. The van der Waals surface area contributed by atoms with E-state index in [2.05, 4.69) is 5.32 Å². The molecule has 1 saturated heterocycles. The number of rotatable bonds is 11. The molecule has 0 aliphatic carbocycles. The number of nitrogens with zero attached hydrogens (tertiary/aromatic N) is 1. The number of nitrogens with one attached hydrogen (secondary N) is 1. The van der Waals surface area contributed by atoms with Gasteiger partial charge in [-0.15, -0.1) is 0 Å². The van der Waals surface area contributed by atoms with Crippen LogP contribution in [-0.2, 0) is 16.5 Å². The number of carbonyl (C=O) groups excluding carboxylic acids is 1. The molecular formula is C26H32F4N2O3. The summed E-state index contributed by atoms with van der Waals surface area (Å²) >= 11 is 0. The fraction of sp³-hybridized carbons (Fsp3) is 0.500. The molecule has 0 radical (unpaired) electrons. The Balaban J connectivity index is 1.68. The summed E-state index contributed by atoms with van der Waals surface area (Å²) in [4.78, 5) is 14.5. The standard InChI is InChI=1S/C26H32F4N2O3/c1-2-35-16-13-31-23(18-22(27)24(33)19-7-4-3-5-8-19)32-14-11-25(34,12-15-32)20-9-6-10-21(17-20)26(28,29)30/h3-10,17,22-23,31,34H,2,11-16,18H2,1H3. The van der Waals surface area contributed by atoms with Crippen LogP contribution in [0, 0.1) is 0 Å². The number of carbonyl (C=O) groups is 1. The average Bonchev–Trinajstić information content (AvgIpc) is 2.86. The quantitative estimate of drug-likeness (QED) is 0.272. The number of Topliss-reactive ketones (excluding diaryl/α,β-unsaturated/α-hetero) is 1. The maximum atomic E-state index is 15.0. The summed E-state index contributed by atoms with van der Waals surface area (Å²) in [5, 5.41) is 14.4. The molecule has 1 heterocycles. The Hall–Kier alpha value is -2.33.